The number of thiazole rings is 1. The van der Waals surface area contributed by atoms with Gasteiger partial charge in [-0.15, -0.1) is 0 Å². The van der Waals surface area contributed by atoms with E-state index in [1.54, 1.807) is 24.3 Å². The van der Waals surface area contributed by atoms with Crippen molar-refractivity contribution in [3.8, 4) is 0 Å². The molecule has 0 spiro atoms. The van der Waals surface area contributed by atoms with Crippen molar-refractivity contribution in [2.75, 3.05) is 5.32 Å². The maximum Gasteiger partial charge on any atom is 0.276 e. The van der Waals surface area contributed by atoms with Gasteiger partial charge in [-0.25, -0.2) is 9.97 Å². The van der Waals surface area contributed by atoms with E-state index in [-0.39, 0.29) is 5.91 Å². The normalized spacial score (nSPS) is 10.7. The number of nitrogens with one attached hydrogen (secondary N) is 1. The molecule has 3 rings (SSSR count). The number of halogens is 2. The summed E-state index contributed by atoms with van der Waals surface area (Å²) in [7, 11) is 0. The quantitative estimate of drug-likeness (QED) is 0.684. The van der Waals surface area contributed by atoms with Crippen LogP contribution in [-0.4, -0.2) is 15.9 Å². The molecule has 2 heterocycles. The number of anilines is 1. The van der Waals surface area contributed by atoms with E-state index in [0.717, 1.165) is 10.2 Å². The zero-order valence-corrected chi connectivity index (χ0v) is 13.1. The Morgan fingerprint density at radius 1 is 1.25 bits per heavy atom. The van der Waals surface area contributed by atoms with Gasteiger partial charge in [0.2, 0.25) is 0 Å². The van der Waals surface area contributed by atoms with E-state index in [1.807, 2.05) is 12.1 Å². The van der Waals surface area contributed by atoms with Gasteiger partial charge in [-0.3, -0.25) is 10.1 Å². The summed E-state index contributed by atoms with van der Waals surface area (Å²) >= 11 is 10.5. The zero-order valence-electron chi connectivity index (χ0n) is 9.93. The van der Waals surface area contributed by atoms with Crippen molar-refractivity contribution in [2.24, 2.45) is 0 Å². The highest BCUT2D eigenvalue weighted by atomic mass is 79.9. The summed E-state index contributed by atoms with van der Waals surface area (Å²) in [5.41, 5.74) is 1.13. The average molecular weight is 369 g/mol. The molecule has 0 saturated heterocycles. The van der Waals surface area contributed by atoms with Crippen LogP contribution in [0.2, 0.25) is 5.02 Å². The highest BCUT2D eigenvalue weighted by molar-refractivity contribution is 9.10. The number of nitrogens with zero attached hydrogens (tertiary/aromatic N) is 2. The molecule has 0 atom stereocenters. The lowest BCUT2D eigenvalue weighted by molar-refractivity contribution is 0.102. The number of carbonyl (C=O) groups is 1. The van der Waals surface area contributed by atoms with Crippen molar-refractivity contribution in [3.05, 3.63) is 51.7 Å². The fraction of sp³-hybridized carbons (Fsp3) is 0. The first-order chi connectivity index (χ1) is 9.61. The molecule has 0 aliphatic carbocycles. The fourth-order valence-electron chi connectivity index (χ4n) is 1.65. The summed E-state index contributed by atoms with van der Waals surface area (Å²) in [5, 5.41) is 3.90. The second-order valence-electron chi connectivity index (χ2n) is 3.93. The Bertz CT molecular complexity index is 805. The molecule has 2 aromatic heterocycles. The van der Waals surface area contributed by atoms with Gasteiger partial charge in [0.1, 0.15) is 10.3 Å². The van der Waals surface area contributed by atoms with E-state index in [9.17, 15) is 4.79 Å². The Balaban J connectivity index is 1.87. The van der Waals surface area contributed by atoms with E-state index >= 15 is 0 Å². The van der Waals surface area contributed by atoms with E-state index in [4.69, 9.17) is 11.6 Å². The minimum Gasteiger partial charge on any atom is -0.296 e. The van der Waals surface area contributed by atoms with Crippen molar-refractivity contribution >= 4 is 60.1 Å². The van der Waals surface area contributed by atoms with Crippen LogP contribution in [0.5, 0.6) is 0 Å². The van der Waals surface area contributed by atoms with Gasteiger partial charge in [-0.05, 0) is 46.3 Å². The second kappa shape index (κ2) is 5.47. The van der Waals surface area contributed by atoms with Crippen molar-refractivity contribution in [2.45, 2.75) is 0 Å². The first kappa shape index (κ1) is 13.5. The molecule has 7 heteroatoms. The summed E-state index contributed by atoms with van der Waals surface area (Å²) in [6.07, 6.45) is 0. The van der Waals surface area contributed by atoms with Gasteiger partial charge < -0.3 is 0 Å². The summed E-state index contributed by atoms with van der Waals surface area (Å²) in [5.74, 6) is -0.295. The monoisotopic (exact) mass is 367 g/mol. The topological polar surface area (TPSA) is 54.9 Å². The third kappa shape index (κ3) is 2.82. The molecule has 4 nitrogen and oxygen atoms in total. The molecule has 20 heavy (non-hydrogen) atoms. The molecule has 0 bridgehead atoms. The van der Waals surface area contributed by atoms with Crippen LogP contribution in [0.3, 0.4) is 0 Å². The average Bonchev–Trinajstić information content (AvgIpc) is 2.80. The molecule has 0 radical (unpaired) electrons. The number of hydrogen-bond acceptors (Lipinski definition) is 4. The predicted molar refractivity (Wildman–Crippen MR) is 84.5 cm³/mol. The lowest BCUT2D eigenvalue weighted by Gasteiger charge is -2.00. The Morgan fingerprint density at radius 3 is 2.90 bits per heavy atom. The Hall–Kier alpha value is -1.50. The van der Waals surface area contributed by atoms with E-state index < -0.39 is 0 Å². The van der Waals surface area contributed by atoms with Crippen molar-refractivity contribution in [1.29, 1.82) is 0 Å². The number of carbonyl (C=O) groups excluding carboxylic acids is 1. The SMILES string of the molecule is O=C(Nc1nc2ccc(Cl)cc2s1)c1cccc(Br)n1. The van der Waals surface area contributed by atoms with Gasteiger partial charge in [0, 0.05) is 5.02 Å². The van der Waals surface area contributed by atoms with Crippen LogP contribution in [0.4, 0.5) is 5.13 Å². The van der Waals surface area contributed by atoms with Gasteiger partial charge in [0.25, 0.3) is 5.91 Å². The number of amides is 1. The maximum atomic E-state index is 12.1. The number of aromatic nitrogens is 2. The molecule has 1 aromatic carbocycles. The first-order valence-corrected chi connectivity index (χ1v) is 7.60. The molecule has 1 amide bonds. The molecule has 0 saturated carbocycles. The summed E-state index contributed by atoms with van der Waals surface area (Å²) in [6, 6.07) is 10.6. The molecular formula is C13H7BrClN3OS. The molecule has 0 unspecified atom stereocenters. The number of pyridine rings is 1. The molecule has 0 aliphatic heterocycles. The highest BCUT2D eigenvalue weighted by Gasteiger charge is 2.11. The van der Waals surface area contributed by atoms with E-state index in [0.29, 0.717) is 20.5 Å². The van der Waals surface area contributed by atoms with Crippen LogP contribution in [-0.2, 0) is 0 Å². The van der Waals surface area contributed by atoms with Gasteiger partial charge in [-0.2, -0.15) is 0 Å². The molecule has 0 aliphatic rings. The summed E-state index contributed by atoms with van der Waals surface area (Å²) in [4.78, 5) is 20.5. The lowest BCUT2D eigenvalue weighted by atomic mass is 10.3. The maximum absolute atomic E-state index is 12.1. The first-order valence-electron chi connectivity index (χ1n) is 5.62. The van der Waals surface area contributed by atoms with E-state index in [2.05, 4.69) is 31.2 Å². The molecule has 100 valence electrons. The van der Waals surface area contributed by atoms with Gasteiger partial charge >= 0.3 is 0 Å². The zero-order chi connectivity index (χ0) is 14.1. The number of fused-ring (bicyclic) bond motifs is 1. The van der Waals surface area contributed by atoms with Gasteiger partial charge in [-0.1, -0.05) is 29.0 Å². The van der Waals surface area contributed by atoms with Gasteiger partial charge in [0.05, 0.1) is 10.2 Å². The number of rotatable bonds is 2. The Kier molecular flexibility index (Phi) is 3.69. The van der Waals surface area contributed by atoms with Crippen LogP contribution in [0, 0.1) is 0 Å². The summed E-state index contributed by atoms with van der Waals surface area (Å²) < 4.78 is 1.54. The standard InChI is InChI=1S/C13H7BrClN3OS/c14-11-3-1-2-9(16-11)12(19)18-13-17-8-5-4-7(15)6-10(8)20-13/h1-6H,(H,17,18,19). The van der Waals surface area contributed by atoms with Crippen molar-refractivity contribution in [1.82, 2.24) is 9.97 Å². The largest absolute Gasteiger partial charge is 0.296 e. The predicted octanol–water partition coefficient (Wildman–Crippen LogP) is 4.36. The van der Waals surface area contributed by atoms with Crippen molar-refractivity contribution in [3.63, 3.8) is 0 Å². The number of hydrogen-bond donors (Lipinski definition) is 1. The third-order valence-corrected chi connectivity index (χ3v) is 4.13. The second-order valence-corrected chi connectivity index (χ2v) is 6.21. The molecular weight excluding hydrogens is 362 g/mol. The molecule has 1 N–H and O–H groups in total. The minimum atomic E-state index is -0.295. The van der Waals surface area contributed by atoms with Crippen LogP contribution in [0.25, 0.3) is 10.2 Å². The van der Waals surface area contributed by atoms with Gasteiger partial charge in [0.15, 0.2) is 5.13 Å². The van der Waals surface area contributed by atoms with Crippen LogP contribution in [0.15, 0.2) is 41.0 Å². The fourth-order valence-corrected chi connectivity index (χ4v) is 3.13. The van der Waals surface area contributed by atoms with E-state index in [1.165, 1.54) is 11.3 Å². The Labute approximate surface area is 131 Å². The Morgan fingerprint density at radius 2 is 2.10 bits per heavy atom. The van der Waals surface area contributed by atoms with Crippen LogP contribution < -0.4 is 5.32 Å². The number of benzene rings is 1. The molecule has 3 aromatic rings. The highest BCUT2D eigenvalue weighted by Crippen LogP contribution is 2.28. The lowest BCUT2D eigenvalue weighted by Crippen LogP contribution is -2.13. The third-order valence-electron chi connectivity index (χ3n) is 2.52. The van der Waals surface area contributed by atoms with Crippen molar-refractivity contribution < 1.29 is 4.79 Å². The molecule has 0 fully saturated rings. The smallest absolute Gasteiger partial charge is 0.276 e. The van der Waals surface area contributed by atoms with Crippen LogP contribution >= 0.6 is 38.9 Å². The minimum absolute atomic E-state index is 0.295. The summed E-state index contributed by atoms with van der Waals surface area (Å²) in [6.45, 7) is 0. The van der Waals surface area contributed by atoms with Crippen LogP contribution in [0.1, 0.15) is 10.5 Å².